The smallest absolute Gasteiger partial charge is 0.347 e. The van der Waals surface area contributed by atoms with Crippen molar-refractivity contribution in [2.45, 2.75) is 26.4 Å². The molecule has 0 saturated carbocycles. The Morgan fingerprint density at radius 2 is 2.18 bits per heavy atom. The second-order valence-electron chi connectivity index (χ2n) is 3.42. The lowest BCUT2D eigenvalue weighted by atomic mass is 10.2. The molecule has 0 aromatic heterocycles. The summed E-state index contributed by atoms with van der Waals surface area (Å²) in [7, 11) is 0. The van der Waals surface area contributed by atoms with Crippen LogP contribution in [0.1, 0.15) is 20.3 Å². The number of anilines is 1. The third kappa shape index (κ3) is 3.63. The number of hydrogen-bond donors (Lipinski definition) is 1. The van der Waals surface area contributed by atoms with Crippen LogP contribution in [-0.4, -0.2) is 18.7 Å². The zero-order chi connectivity index (χ0) is 12.8. The van der Waals surface area contributed by atoms with Gasteiger partial charge in [-0.15, -0.1) is 0 Å². The molecular formula is C12H16BrNO3. The largest absolute Gasteiger partial charge is 0.475 e. The van der Waals surface area contributed by atoms with Crippen molar-refractivity contribution in [1.29, 1.82) is 0 Å². The number of carbonyl (C=O) groups excluding carboxylic acids is 1. The number of nitrogen functional groups attached to an aromatic ring is 1. The summed E-state index contributed by atoms with van der Waals surface area (Å²) >= 11 is 3.34. The molecular weight excluding hydrogens is 286 g/mol. The van der Waals surface area contributed by atoms with Crippen LogP contribution in [0.4, 0.5) is 5.69 Å². The van der Waals surface area contributed by atoms with Crippen molar-refractivity contribution in [3.05, 3.63) is 22.7 Å². The molecule has 94 valence electrons. The Bertz CT molecular complexity index is 375. The van der Waals surface area contributed by atoms with Crippen molar-refractivity contribution < 1.29 is 14.3 Å². The summed E-state index contributed by atoms with van der Waals surface area (Å²) in [5, 5.41) is 0. The summed E-state index contributed by atoms with van der Waals surface area (Å²) in [6.07, 6.45) is -0.101. The van der Waals surface area contributed by atoms with Gasteiger partial charge in [-0.25, -0.2) is 4.79 Å². The van der Waals surface area contributed by atoms with E-state index in [1.54, 1.807) is 19.1 Å². The Hall–Kier alpha value is -1.23. The topological polar surface area (TPSA) is 61.5 Å². The number of ether oxygens (including phenoxy) is 2. The lowest BCUT2D eigenvalue weighted by Gasteiger charge is -2.18. The van der Waals surface area contributed by atoms with Gasteiger partial charge in [-0.3, -0.25) is 0 Å². The molecule has 0 fully saturated rings. The average molecular weight is 302 g/mol. The van der Waals surface area contributed by atoms with Gasteiger partial charge in [0.15, 0.2) is 11.9 Å². The lowest BCUT2D eigenvalue weighted by molar-refractivity contribution is -0.151. The van der Waals surface area contributed by atoms with Gasteiger partial charge in [-0.1, -0.05) is 13.0 Å². The molecule has 0 spiro atoms. The van der Waals surface area contributed by atoms with Crippen molar-refractivity contribution in [3.8, 4) is 5.75 Å². The molecule has 0 aliphatic carbocycles. The predicted molar refractivity (Wildman–Crippen MR) is 69.9 cm³/mol. The quantitative estimate of drug-likeness (QED) is 0.671. The van der Waals surface area contributed by atoms with Crippen LogP contribution in [0.5, 0.6) is 5.75 Å². The molecule has 0 aliphatic rings. The minimum Gasteiger partial charge on any atom is -0.475 e. The van der Waals surface area contributed by atoms with Crippen LogP contribution in [0, 0.1) is 0 Å². The van der Waals surface area contributed by atoms with Gasteiger partial charge >= 0.3 is 5.97 Å². The number of halogens is 1. The first-order valence-corrected chi connectivity index (χ1v) is 6.26. The van der Waals surface area contributed by atoms with Crippen LogP contribution >= 0.6 is 15.9 Å². The van der Waals surface area contributed by atoms with Gasteiger partial charge in [0.2, 0.25) is 0 Å². The van der Waals surface area contributed by atoms with Gasteiger partial charge in [-0.2, -0.15) is 0 Å². The first kappa shape index (κ1) is 13.8. The summed E-state index contributed by atoms with van der Waals surface area (Å²) < 4.78 is 11.2. The van der Waals surface area contributed by atoms with Gasteiger partial charge in [-0.05, 0) is 41.4 Å². The van der Waals surface area contributed by atoms with E-state index < -0.39 is 6.10 Å². The summed E-state index contributed by atoms with van der Waals surface area (Å²) in [6, 6.07) is 5.33. The Balaban J connectivity index is 2.84. The van der Waals surface area contributed by atoms with Crippen molar-refractivity contribution in [2.24, 2.45) is 0 Å². The third-order valence-corrected chi connectivity index (χ3v) is 2.80. The van der Waals surface area contributed by atoms with Crippen LogP contribution in [0.25, 0.3) is 0 Å². The van der Waals surface area contributed by atoms with Crippen molar-refractivity contribution in [2.75, 3.05) is 12.3 Å². The molecule has 0 amide bonds. The number of rotatable bonds is 5. The maximum atomic E-state index is 11.6. The number of carbonyl (C=O) groups is 1. The number of hydrogen-bond acceptors (Lipinski definition) is 4. The second-order valence-corrected chi connectivity index (χ2v) is 4.28. The van der Waals surface area contributed by atoms with Gasteiger partial charge in [0.05, 0.1) is 16.8 Å². The molecule has 0 radical (unpaired) electrons. The summed E-state index contributed by atoms with van der Waals surface area (Å²) in [4.78, 5) is 11.6. The van der Waals surface area contributed by atoms with Crippen LogP contribution in [0.2, 0.25) is 0 Å². The summed E-state index contributed by atoms with van der Waals surface area (Å²) in [6.45, 7) is 3.95. The van der Waals surface area contributed by atoms with Gasteiger partial charge in [0.1, 0.15) is 0 Å². The lowest BCUT2D eigenvalue weighted by Crippen LogP contribution is -2.29. The van der Waals surface area contributed by atoms with Crippen molar-refractivity contribution in [3.63, 3.8) is 0 Å². The molecule has 0 bridgehead atoms. The van der Waals surface area contributed by atoms with Gasteiger partial charge in [0.25, 0.3) is 0 Å². The zero-order valence-corrected chi connectivity index (χ0v) is 11.5. The first-order chi connectivity index (χ1) is 8.10. The van der Waals surface area contributed by atoms with E-state index in [0.29, 0.717) is 24.5 Å². The van der Waals surface area contributed by atoms with E-state index in [2.05, 4.69) is 15.9 Å². The highest BCUT2D eigenvalue weighted by molar-refractivity contribution is 9.10. The minimum atomic E-state index is -0.629. The molecule has 2 N–H and O–H groups in total. The molecule has 1 aromatic rings. The van der Waals surface area contributed by atoms with E-state index in [4.69, 9.17) is 15.2 Å². The van der Waals surface area contributed by atoms with Crippen LogP contribution in [0.3, 0.4) is 0 Å². The number of nitrogens with two attached hydrogens (primary N) is 1. The molecule has 1 atom stereocenters. The minimum absolute atomic E-state index is 0.337. The van der Waals surface area contributed by atoms with Gasteiger partial charge < -0.3 is 15.2 Å². The van der Waals surface area contributed by atoms with Gasteiger partial charge in [0, 0.05) is 0 Å². The second kappa shape index (κ2) is 6.49. The molecule has 1 rings (SSSR count). The highest BCUT2D eigenvalue weighted by Crippen LogP contribution is 2.32. The fourth-order valence-electron chi connectivity index (χ4n) is 1.33. The highest BCUT2D eigenvalue weighted by atomic mass is 79.9. The standard InChI is InChI=1S/C12H16BrNO3/c1-3-10(12(15)16-4-2)17-11-8(13)6-5-7-9(11)14/h5-7,10H,3-4,14H2,1-2H3. The van der Waals surface area contributed by atoms with Crippen LogP contribution < -0.4 is 10.5 Å². The molecule has 0 heterocycles. The van der Waals surface area contributed by atoms with E-state index in [0.717, 1.165) is 4.47 Å². The molecule has 1 unspecified atom stereocenters. The molecule has 1 aromatic carbocycles. The normalized spacial score (nSPS) is 11.9. The Morgan fingerprint density at radius 1 is 1.47 bits per heavy atom. The average Bonchev–Trinajstić information content (AvgIpc) is 2.29. The monoisotopic (exact) mass is 301 g/mol. The fourth-order valence-corrected chi connectivity index (χ4v) is 1.80. The van der Waals surface area contributed by atoms with Crippen molar-refractivity contribution in [1.82, 2.24) is 0 Å². The van der Waals surface area contributed by atoms with Crippen LogP contribution in [0.15, 0.2) is 22.7 Å². The molecule has 4 nitrogen and oxygen atoms in total. The number of para-hydroxylation sites is 1. The number of benzene rings is 1. The molecule has 0 aliphatic heterocycles. The maximum Gasteiger partial charge on any atom is 0.347 e. The van der Waals surface area contributed by atoms with E-state index in [1.807, 2.05) is 13.0 Å². The highest BCUT2D eigenvalue weighted by Gasteiger charge is 2.21. The Labute approximate surface area is 109 Å². The molecule has 5 heteroatoms. The van der Waals surface area contributed by atoms with E-state index in [9.17, 15) is 4.79 Å². The SMILES string of the molecule is CCOC(=O)C(CC)Oc1c(N)cccc1Br. The summed E-state index contributed by atoms with van der Waals surface area (Å²) in [5.74, 6) is 0.109. The van der Waals surface area contributed by atoms with Crippen LogP contribution in [-0.2, 0) is 9.53 Å². The van der Waals surface area contributed by atoms with E-state index in [1.165, 1.54) is 0 Å². The van der Waals surface area contributed by atoms with E-state index >= 15 is 0 Å². The molecule has 0 saturated heterocycles. The fraction of sp³-hybridized carbons (Fsp3) is 0.417. The van der Waals surface area contributed by atoms with Crippen molar-refractivity contribution >= 4 is 27.6 Å². The Morgan fingerprint density at radius 3 is 2.71 bits per heavy atom. The third-order valence-electron chi connectivity index (χ3n) is 2.18. The Kier molecular flexibility index (Phi) is 5.28. The first-order valence-electron chi connectivity index (χ1n) is 5.47. The van der Waals surface area contributed by atoms with E-state index in [-0.39, 0.29) is 5.97 Å². The number of esters is 1. The summed E-state index contributed by atoms with van der Waals surface area (Å²) in [5.41, 5.74) is 6.28. The zero-order valence-electron chi connectivity index (χ0n) is 9.90. The molecule has 17 heavy (non-hydrogen) atoms. The predicted octanol–water partition coefficient (Wildman–Crippen LogP) is 2.75. The maximum absolute atomic E-state index is 11.6.